The van der Waals surface area contributed by atoms with Crippen molar-refractivity contribution in [2.24, 2.45) is 0 Å². The topological polar surface area (TPSA) is 98.4 Å². The normalized spacial score (nSPS) is 19.2. The standard InChI is InChI=1S/C23H22ClF3N4O4S/c1-2-34-22(33)16-11-6-3-4-8-14(11)36-21(16)29-20(32)18-17(24)19-28-12(13-7-5-9-35-13)10-15(23(25,26)27)31(19)30-18/h5,7,9,12,15,28H,2-4,6,8,10H2,1H3,(H,29,32)/t12-,15-/m0/s1. The van der Waals surface area contributed by atoms with E-state index in [9.17, 15) is 22.8 Å². The fourth-order valence-electron chi connectivity index (χ4n) is 4.65. The molecule has 4 heterocycles. The minimum atomic E-state index is -4.64. The molecule has 2 atom stereocenters. The predicted octanol–water partition coefficient (Wildman–Crippen LogP) is 6.16. The summed E-state index contributed by atoms with van der Waals surface area (Å²) in [6, 6.07) is 0.303. The first kappa shape index (κ1) is 24.7. The Bertz CT molecular complexity index is 1300. The zero-order valence-electron chi connectivity index (χ0n) is 19.1. The second-order valence-corrected chi connectivity index (χ2v) is 10.0. The predicted molar refractivity (Wildman–Crippen MR) is 127 cm³/mol. The molecule has 0 bridgehead atoms. The number of hydrogen-bond acceptors (Lipinski definition) is 7. The molecule has 36 heavy (non-hydrogen) atoms. The van der Waals surface area contributed by atoms with E-state index in [1.807, 2.05) is 0 Å². The van der Waals surface area contributed by atoms with Crippen LogP contribution in [0.1, 0.15) is 75.3 Å². The maximum atomic E-state index is 14.0. The second-order valence-electron chi connectivity index (χ2n) is 8.55. The van der Waals surface area contributed by atoms with Crippen LogP contribution in [0.15, 0.2) is 22.8 Å². The molecule has 0 spiro atoms. The number of carbonyl (C=O) groups is 2. The van der Waals surface area contributed by atoms with Gasteiger partial charge in [-0.2, -0.15) is 18.3 Å². The van der Waals surface area contributed by atoms with Gasteiger partial charge in [0, 0.05) is 11.3 Å². The van der Waals surface area contributed by atoms with E-state index in [2.05, 4.69) is 15.7 Å². The number of carbonyl (C=O) groups excluding carboxylic acids is 2. The monoisotopic (exact) mass is 542 g/mol. The highest BCUT2D eigenvalue weighted by atomic mass is 35.5. The van der Waals surface area contributed by atoms with Crippen molar-refractivity contribution in [2.45, 2.75) is 57.3 Å². The summed E-state index contributed by atoms with van der Waals surface area (Å²) in [5.41, 5.74) is 0.749. The third-order valence-corrected chi connectivity index (χ3v) is 7.84. The average Bonchev–Trinajstić information content (AvgIpc) is 3.55. The molecule has 0 aromatic carbocycles. The van der Waals surface area contributed by atoms with E-state index in [1.54, 1.807) is 19.1 Å². The van der Waals surface area contributed by atoms with Crippen LogP contribution in [0.2, 0.25) is 5.02 Å². The van der Waals surface area contributed by atoms with Gasteiger partial charge in [0.05, 0.1) is 24.5 Å². The number of esters is 1. The molecule has 1 aliphatic heterocycles. The summed E-state index contributed by atoms with van der Waals surface area (Å²) in [7, 11) is 0. The van der Waals surface area contributed by atoms with E-state index < -0.39 is 36.6 Å². The highest BCUT2D eigenvalue weighted by Crippen LogP contribution is 2.46. The van der Waals surface area contributed by atoms with E-state index in [0.717, 1.165) is 29.7 Å². The number of nitrogens with one attached hydrogen (secondary N) is 2. The Balaban J connectivity index is 1.50. The molecule has 2 N–H and O–H groups in total. The van der Waals surface area contributed by atoms with Crippen molar-refractivity contribution >= 4 is 45.6 Å². The molecule has 0 saturated carbocycles. The number of aryl methyl sites for hydroxylation is 1. The number of hydrogen-bond donors (Lipinski definition) is 2. The van der Waals surface area contributed by atoms with Gasteiger partial charge >= 0.3 is 12.1 Å². The van der Waals surface area contributed by atoms with Gasteiger partial charge < -0.3 is 19.8 Å². The third kappa shape index (κ3) is 4.36. The quantitative estimate of drug-likeness (QED) is 0.375. The molecule has 2 aliphatic rings. The Kier molecular flexibility index (Phi) is 6.50. The Hall–Kier alpha value is -2.99. The molecule has 0 saturated heterocycles. The summed E-state index contributed by atoms with van der Waals surface area (Å²) in [6.07, 6.45) is -0.349. The van der Waals surface area contributed by atoms with Gasteiger partial charge in [0.15, 0.2) is 11.7 Å². The van der Waals surface area contributed by atoms with Gasteiger partial charge in [0.25, 0.3) is 5.91 Å². The number of ether oxygens (including phenoxy) is 1. The van der Waals surface area contributed by atoms with Crippen molar-refractivity contribution in [1.82, 2.24) is 9.78 Å². The number of amides is 1. The van der Waals surface area contributed by atoms with Crippen molar-refractivity contribution in [3.63, 3.8) is 0 Å². The number of halogens is 4. The number of alkyl halides is 3. The van der Waals surface area contributed by atoms with Crippen molar-refractivity contribution in [2.75, 3.05) is 17.2 Å². The minimum absolute atomic E-state index is 0.132. The van der Waals surface area contributed by atoms with E-state index >= 15 is 0 Å². The first-order chi connectivity index (χ1) is 17.2. The maximum absolute atomic E-state index is 14.0. The van der Waals surface area contributed by atoms with Crippen molar-refractivity contribution in [3.05, 3.63) is 50.9 Å². The lowest BCUT2D eigenvalue weighted by atomic mass is 9.95. The summed E-state index contributed by atoms with van der Waals surface area (Å²) < 4.78 is 53.1. The average molecular weight is 543 g/mol. The van der Waals surface area contributed by atoms with Gasteiger partial charge in [0.2, 0.25) is 0 Å². The fourth-order valence-corrected chi connectivity index (χ4v) is 6.18. The first-order valence-electron chi connectivity index (χ1n) is 11.5. The Morgan fingerprint density at radius 1 is 1.36 bits per heavy atom. The molecule has 1 aliphatic carbocycles. The summed E-state index contributed by atoms with van der Waals surface area (Å²) in [5.74, 6) is -1.19. The minimum Gasteiger partial charge on any atom is -0.467 e. The van der Waals surface area contributed by atoms with Gasteiger partial charge in [-0.05, 0) is 50.3 Å². The molecule has 8 nitrogen and oxygen atoms in total. The van der Waals surface area contributed by atoms with Crippen molar-refractivity contribution in [1.29, 1.82) is 0 Å². The molecular weight excluding hydrogens is 521 g/mol. The van der Waals surface area contributed by atoms with Gasteiger partial charge in [-0.25, -0.2) is 9.48 Å². The van der Waals surface area contributed by atoms with Gasteiger partial charge in [-0.3, -0.25) is 4.79 Å². The number of anilines is 2. The van der Waals surface area contributed by atoms with E-state index in [0.29, 0.717) is 16.9 Å². The van der Waals surface area contributed by atoms with Crippen LogP contribution >= 0.6 is 22.9 Å². The smallest absolute Gasteiger partial charge is 0.410 e. The van der Waals surface area contributed by atoms with Crippen LogP contribution in [0.25, 0.3) is 0 Å². The molecule has 1 amide bonds. The Morgan fingerprint density at radius 3 is 2.83 bits per heavy atom. The van der Waals surface area contributed by atoms with Crippen LogP contribution in [0.5, 0.6) is 0 Å². The Morgan fingerprint density at radius 2 is 2.14 bits per heavy atom. The van der Waals surface area contributed by atoms with Gasteiger partial charge in [-0.1, -0.05) is 11.6 Å². The number of nitrogens with zero attached hydrogens (tertiary/aromatic N) is 2. The highest BCUT2D eigenvalue weighted by molar-refractivity contribution is 7.17. The number of thiophene rings is 1. The van der Waals surface area contributed by atoms with Crippen LogP contribution in [-0.4, -0.2) is 34.4 Å². The van der Waals surface area contributed by atoms with Crippen molar-refractivity contribution in [3.8, 4) is 0 Å². The molecule has 3 aromatic rings. The zero-order valence-corrected chi connectivity index (χ0v) is 20.6. The van der Waals surface area contributed by atoms with Gasteiger partial charge in [0.1, 0.15) is 21.6 Å². The summed E-state index contributed by atoms with van der Waals surface area (Å²) in [6.45, 7) is 1.85. The van der Waals surface area contributed by atoms with Crippen LogP contribution < -0.4 is 10.6 Å². The second kappa shape index (κ2) is 9.47. The molecular formula is C23H22ClF3N4O4S. The molecule has 0 radical (unpaired) electrons. The van der Waals surface area contributed by atoms with Crippen LogP contribution in [-0.2, 0) is 17.6 Å². The van der Waals surface area contributed by atoms with Crippen molar-refractivity contribution < 1.29 is 31.9 Å². The van der Waals surface area contributed by atoms with Crippen LogP contribution in [0.3, 0.4) is 0 Å². The molecule has 0 unspecified atom stereocenters. The van der Waals surface area contributed by atoms with E-state index in [-0.39, 0.29) is 33.7 Å². The number of aromatic nitrogens is 2. The lowest BCUT2D eigenvalue weighted by Gasteiger charge is -2.32. The number of fused-ring (bicyclic) bond motifs is 2. The molecule has 3 aromatic heterocycles. The lowest BCUT2D eigenvalue weighted by Crippen LogP contribution is -2.35. The van der Waals surface area contributed by atoms with Crippen LogP contribution in [0.4, 0.5) is 24.0 Å². The molecule has 192 valence electrons. The molecule has 13 heteroatoms. The summed E-state index contributed by atoms with van der Waals surface area (Å²) in [5, 5.41) is 9.55. The van der Waals surface area contributed by atoms with Gasteiger partial charge in [-0.15, -0.1) is 11.3 Å². The molecule has 0 fully saturated rings. The SMILES string of the molecule is CCOC(=O)c1c(NC(=O)c2nn3c(c2Cl)N[C@H](c2ccco2)C[C@H]3C(F)(F)F)sc2c1CCCC2. The number of rotatable bonds is 5. The Labute approximate surface area is 212 Å². The maximum Gasteiger partial charge on any atom is 0.410 e. The number of furan rings is 1. The highest BCUT2D eigenvalue weighted by Gasteiger charge is 2.48. The summed E-state index contributed by atoms with van der Waals surface area (Å²) in [4.78, 5) is 26.9. The first-order valence-corrected chi connectivity index (χ1v) is 12.7. The van der Waals surface area contributed by atoms with E-state index in [1.165, 1.54) is 17.6 Å². The molecule has 5 rings (SSSR count). The largest absolute Gasteiger partial charge is 0.467 e. The third-order valence-electron chi connectivity index (χ3n) is 6.28. The fraction of sp³-hybridized carbons (Fsp3) is 0.435. The zero-order chi connectivity index (χ0) is 25.6. The lowest BCUT2D eigenvalue weighted by molar-refractivity contribution is -0.174. The van der Waals surface area contributed by atoms with E-state index in [4.69, 9.17) is 20.8 Å². The van der Waals surface area contributed by atoms with Crippen LogP contribution in [0, 0.1) is 0 Å². The summed E-state index contributed by atoms with van der Waals surface area (Å²) >= 11 is 7.67.